The summed E-state index contributed by atoms with van der Waals surface area (Å²) < 4.78 is 2.06. The van der Waals surface area contributed by atoms with E-state index in [1.165, 1.54) is 0 Å². The van der Waals surface area contributed by atoms with E-state index in [0.29, 0.717) is 5.33 Å². The van der Waals surface area contributed by atoms with Crippen LogP contribution < -0.4 is 0 Å². The van der Waals surface area contributed by atoms with Crippen LogP contribution in [-0.4, -0.2) is 14.8 Å². The number of halogens is 2. The Hall–Kier alpha value is -0.870. The largest absolute Gasteiger partial charge is 0.311 e. The molecule has 1 heterocycles. The quantitative estimate of drug-likeness (QED) is 0.806. The smallest absolute Gasteiger partial charge is 0.165 e. The minimum atomic E-state index is 0.692. The summed E-state index contributed by atoms with van der Waals surface area (Å²) in [5.41, 5.74) is 1.99. The van der Waals surface area contributed by atoms with Gasteiger partial charge in [0.05, 0.1) is 10.4 Å². The van der Waals surface area contributed by atoms with Gasteiger partial charge in [-0.25, -0.2) is 0 Å². The molecule has 3 nitrogen and oxygen atoms in total. The van der Waals surface area contributed by atoms with Crippen molar-refractivity contribution >= 4 is 27.5 Å². The highest BCUT2D eigenvalue weighted by Gasteiger charge is 2.14. The minimum absolute atomic E-state index is 0.692. The van der Waals surface area contributed by atoms with E-state index in [1.54, 1.807) is 0 Å². The van der Waals surface area contributed by atoms with Crippen LogP contribution in [0.3, 0.4) is 0 Å². The van der Waals surface area contributed by atoms with Gasteiger partial charge in [0.1, 0.15) is 5.82 Å². The Bertz CT molecular complexity index is 537. The van der Waals surface area contributed by atoms with Crippen LogP contribution in [0.25, 0.3) is 11.4 Å². The van der Waals surface area contributed by atoms with E-state index >= 15 is 0 Å². The molecule has 0 aliphatic heterocycles. The van der Waals surface area contributed by atoms with E-state index in [4.69, 9.17) is 11.6 Å². The molecule has 17 heavy (non-hydrogen) atoms. The molecule has 0 saturated heterocycles. The molecule has 0 atom stereocenters. The van der Waals surface area contributed by atoms with Gasteiger partial charge in [-0.1, -0.05) is 39.7 Å². The second-order valence-electron chi connectivity index (χ2n) is 3.75. The molecule has 0 fully saturated rings. The molecule has 0 aliphatic rings. The molecule has 0 saturated carbocycles. The van der Waals surface area contributed by atoms with Crippen LogP contribution in [0.4, 0.5) is 0 Å². The Morgan fingerprint density at radius 3 is 2.76 bits per heavy atom. The zero-order chi connectivity index (χ0) is 12.4. The van der Waals surface area contributed by atoms with Gasteiger partial charge in [0, 0.05) is 12.1 Å². The second-order valence-corrected chi connectivity index (χ2v) is 4.69. The Kier molecular flexibility index (Phi) is 3.84. The van der Waals surface area contributed by atoms with Crippen molar-refractivity contribution in [2.45, 2.75) is 25.7 Å². The van der Waals surface area contributed by atoms with Gasteiger partial charge >= 0.3 is 0 Å². The van der Waals surface area contributed by atoms with E-state index in [-0.39, 0.29) is 0 Å². The maximum absolute atomic E-state index is 6.32. The number of hydrogen-bond acceptors (Lipinski definition) is 2. The first-order valence-corrected chi connectivity index (χ1v) is 6.92. The molecule has 0 spiro atoms. The van der Waals surface area contributed by atoms with Gasteiger partial charge in [-0.2, -0.15) is 0 Å². The highest BCUT2D eigenvalue weighted by molar-refractivity contribution is 9.08. The van der Waals surface area contributed by atoms with Crippen LogP contribution in [0.15, 0.2) is 18.2 Å². The van der Waals surface area contributed by atoms with Crippen molar-refractivity contribution in [3.63, 3.8) is 0 Å². The zero-order valence-electron chi connectivity index (χ0n) is 9.74. The van der Waals surface area contributed by atoms with Crippen molar-refractivity contribution in [3.05, 3.63) is 34.6 Å². The number of benzene rings is 1. The lowest BCUT2D eigenvalue weighted by Crippen LogP contribution is -2.02. The fourth-order valence-corrected chi connectivity index (χ4v) is 2.41. The molecule has 0 amide bonds. The molecule has 0 aliphatic carbocycles. The van der Waals surface area contributed by atoms with E-state index < -0.39 is 0 Å². The maximum atomic E-state index is 6.32. The lowest BCUT2D eigenvalue weighted by Gasteiger charge is -2.08. The number of alkyl halides is 1. The van der Waals surface area contributed by atoms with Crippen LogP contribution in [0.1, 0.15) is 18.3 Å². The molecule has 2 rings (SSSR count). The standard InChI is InChI=1S/C12H13BrClN3/c1-3-17-10(7-13)15-16-12(17)9-6-4-5-8(2)11(9)14/h4-6H,3,7H2,1-2H3. The number of rotatable bonds is 3. The third-order valence-corrected chi connectivity index (χ3v) is 3.70. The summed E-state index contributed by atoms with van der Waals surface area (Å²) in [5.74, 6) is 1.75. The van der Waals surface area contributed by atoms with Crippen LogP contribution in [-0.2, 0) is 11.9 Å². The van der Waals surface area contributed by atoms with Crippen LogP contribution in [0.2, 0.25) is 5.02 Å². The predicted molar refractivity (Wildman–Crippen MR) is 73.5 cm³/mol. The van der Waals surface area contributed by atoms with Crippen LogP contribution >= 0.6 is 27.5 Å². The van der Waals surface area contributed by atoms with Gasteiger partial charge in [-0.05, 0) is 25.5 Å². The van der Waals surface area contributed by atoms with E-state index in [1.807, 2.05) is 25.1 Å². The lowest BCUT2D eigenvalue weighted by atomic mass is 10.1. The first-order valence-electron chi connectivity index (χ1n) is 5.42. The SMILES string of the molecule is CCn1c(CBr)nnc1-c1cccc(C)c1Cl. The summed E-state index contributed by atoms with van der Waals surface area (Å²) in [6.45, 7) is 4.89. The second kappa shape index (κ2) is 5.19. The van der Waals surface area contributed by atoms with Crippen molar-refractivity contribution in [1.29, 1.82) is 0 Å². The summed E-state index contributed by atoms with van der Waals surface area (Å²) in [6, 6.07) is 5.95. The number of aryl methyl sites for hydroxylation is 1. The minimum Gasteiger partial charge on any atom is -0.311 e. The van der Waals surface area contributed by atoms with E-state index in [2.05, 4.69) is 37.6 Å². The highest BCUT2D eigenvalue weighted by atomic mass is 79.9. The monoisotopic (exact) mass is 313 g/mol. The Morgan fingerprint density at radius 2 is 2.12 bits per heavy atom. The normalized spacial score (nSPS) is 10.8. The molecule has 0 radical (unpaired) electrons. The molecule has 5 heteroatoms. The number of hydrogen-bond donors (Lipinski definition) is 0. The highest BCUT2D eigenvalue weighted by Crippen LogP contribution is 2.29. The zero-order valence-corrected chi connectivity index (χ0v) is 12.1. The molecule has 0 unspecified atom stereocenters. The van der Waals surface area contributed by atoms with Crippen molar-refractivity contribution in [3.8, 4) is 11.4 Å². The predicted octanol–water partition coefficient (Wildman–Crippen LogP) is 3.82. The van der Waals surface area contributed by atoms with Crippen molar-refractivity contribution in [1.82, 2.24) is 14.8 Å². The summed E-state index contributed by atoms with van der Waals surface area (Å²) in [4.78, 5) is 0. The van der Waals surface area contributed by atoms with Gasteiger partial charge < -0.3 is 4.57 Å². The third kappa shape index (κ3) is 2.24. The van der Waals surface area contributed by atoms with Gasteiger partial charge in [-0.15, -0.1) is 10.2 Å². The molecule has 0 bridgehead atoms. The van der Waals surface area contributed by atoms with E-state index in [0.717, 1.165) is 34.3 Å². The van der Waals surface area contributed by atoms with Crippen molar-refractivity contribution in [2.75, 3.05) is 0 Å². The molecule has 1 aromatic heterocycles. The molecule has 90 valence electrons. The number of aromatic nitrogens is 3. The molecule has 0 N–H and O–H groups in total. The van der Waals surface area contributed by atoms with Crippen LogP contribution in [0.5, 0.6) is 0 Å². The summed E-state index contributed by atoms with van der Waals surface area (Å²) in [6.07, 6.45) is 0. The number of nitrogens with zero attached hydrogens (tertiary/aromatic N) is 3. The van der Waals surface area contributed by atoms with Gasteiger partial charge in [0.15, 0.2) is 5.82 Å². The summed E-state index contributed by atoms with van der Waals surface area (Å²) >= 11 is 9.73. The first kappa shape index (κ1) is 12.6. The maximum Gasteiger partial charge on any atom is 0.165 e. The summed E-state index contributed by atoms with van der Waals surface area (Å²) in [7, 11) is 0. The van der Waals surface area contributed by atoms with E-state index in [9.17, 15) is 0 Å². The lowest BCUT2D eigenvalue weighted by molar-refractivity contribution is 0.733. The van der Waals surface area contributed by atoms with Crippen LogP contribution in [0, 0.1) is 6.92 Å². The molecular formula is C12H13BrClN3. The van der Waals surface area contributed by atoms with Crippen molar-refractivity contribution < 1.29 is 0 Å². The molecular weight excluding hydrogens is 302 g/mol. The molecule has 2 aromatic rings. The van der Waals surface area contributed by atoms with Gasteiger partial charge in [0.2, 0.25) is 0 Å². The Labute approximate surface area is 114 Å². The van der Waals surface area contributed by atoms with Gasteiger partial charge in [0.25, 0.3) is 0 Å². The van der Waals surface area contributed by atoms with Gasteiger partial charge in [-0.3, -0.25) is 0 Å². The fourth-order valence-electron chi connectivity index (χ4n) is 1.79. The Balaban J connectivity index is 2.60. The van der Waals surface area contributed by atoms with Crippen molar-refractivity contribution in [2.24, 2.45) is 0 Å². The summed E-state index contributed by atoms with van der Waals surface area (Å²) in [5, 5.41) is 9.83. The topological polar surface area (TPSA) is 30.7 Å². The Morgan fingerprint density at radius 1 is 1.35 bits per heavy atom. The fraction of sp³-hybridized carbons (Fsp3) is 0.333. The molecule has 1 aromatic carbocycles. The average Bonchev–Trinajstić information content (AvgIpc) is 2.75. The average molecular weight is 315 g/mol. The first-order chi connectivity index (χ1) is 8.19. The third-order valence-electron chi connectivity index (χ3n) is 2.70.